The van der Waals surface area contributed by atoms with Crippen molar-refractivity contribution >= 4 is 34.6 Å². The maximum atomic E-state index is 13.5. The molecule has 222 valence electrons. The van der Waals surface area contributed by atoms with E-state index in [2.05, 4.69) is 20.9 Å². The van der Waals surface area contributed by atoms with Crippen LogP contribution in [0.3, 0.4) is 0 Å². The summed E-state index contributed by atoms with van der Waals surface area (Å²) >= 11 is 0. The van der Waals surface area contributed by atoms with Gasteiger partial charge in [0.25, 0.3) is 0 Å². The van der Waals surface area contributed by atoms with E-state index in [0.29, 0.717) is 32.2 Å². The molecule has 1 heterocycles. The quantitative estimate of drug-likeness (QED) is 0.144. The van der Waals surface area contributed by atoms with Crippen LogP contribution < -0.4 is 27.4 Å². The number of fused-ring (bicyclic) bond motifs is 1. The number of rotatable bonds is 17. The Bertz CT molecular complexity index is 1130. The minimum Gasteiger partial charge on any atom is -0.480 e. The molecule has 1 aromatic heterocycles. The second kappa shape index (κ2) is 16.0. The third-order valence-corrected chi connectivity index (χ3v) is 6.70. The topological polar surface area (TPSA) is 192 Å². The van der Waals surface area contributed by atoms with Crippen molar-refractivity contribution in [2.75, 3.05) is 6.54 Å². The Hall–Kier alpha value is -3.44. The number of nitrogens with one attached hydrogen (secondary N) is 4. The van der Waals surface area contributed by atoms with E-state index in [1.54, 1.807) is 6.20 Å². The number of nitrogens with two attached hydrogens (primary N) is 2. The fourth-order valence-corrected chi connectivity index (χ4v) is 4.62. The zero-order valence-electron chi connectivity index (χ0n) is 24.0. The summed E-state index contributed by atoms with van der Waals surface area (Å²) in [5.74, 6) is -2.48. The number of carbonyl (C=O) groups is 4. The van der Waals surface area contributed by atoms with E-state index in [4.69, 9.17) is 11.5 Å². The highest BCUT2D eigenvalue weighted by atomic mass is 16.4. The largest absolute Gasteiger partial charge is 0.480 e. The molecule has 0 spiro atoms. The van der Waals surface area contributed by atoms with Gasteiger partial charge in [0.1, 0.15) is 18.1 Å². The molecule has 0 radical (unpaired) electrons. The Kier molecular flexibility index (Phi) is 13.1. The van der Waals surface area contributed by atoms with E-state index in [-0.39, 0.29) is 24.7 Å². The first kappa shape index (κ1) is 32.8. The van der Waals surface area contributed by atoms with E-state index in [0.717, 1.165) is 16.5 Å². The molecule has 0 aliphatic carbocycles. The summed E-state index contributed by atoms with van der Waals surface area (Å²) in [4.78, 5) is 54.8. The van der Waals surface area contributed by atoms with Crippen molar-refractivity contribution < 1.29 is 24.3 Å². The minimum absolute atomic E-state index is 0.0669. The summed E-state index contributed by atoms with van der Waals surface area (Å²) in [6, 6.07) is 3.68. The molecule has 0 unspecified atom stereocenters. The van der Waals surface area contributed by atoms with Crippen molar-refractivity contribution in [3.05, 3.63) is 36.0 Å². The molecule has 0 fully saturated rings. The molecule has 3 amide bonds. The molecule has 9 N–H and O–H groups in total. The van der Waals surface area contributed by atoms with Crippen LogP contribution in [0.25, 0.3) is 10.9 Å². The molecule has 0 saturated heterocycles. The Morgan fingerprint density at radius 3 is 2.08 bits per heavy atom. The highest BCUT2D eigenvalue weighted by Gasteiger charge is 2.31. The van der Waals surface area contributed by atoms with E-state index in [1.807, 2.05) is 52.0 Å². The summed E-state index contributed by atoms with van der Waals surface area (Å²) in [7, 11) is 0. The third kappa shape index (κ3) is 10.3. The number of aliphatic carboxylic acids is 1. The lowest BCUT2D eigenvalue weighted by molar-refractivity contribution is -0.142. The number of amides is 3. The number of hydrogen-bond donors (Lipinski definition) is 7. The predicted molar refractivity (Wildman–Crippen MR) is 155 cm³/mol. The van der Waals surface area contributed by atoms with Gasteiger partial charge in [0.2, 0.25) is 17.7 Å². The van der Waals surface area contributed by atoms with Gasteiger partial charge in [0.15, 0.2) is 0 Å². The molecule has 11 heteroatoms. The maximum Gasteiger partial charge on any atom is 0.326 e. The average molecular weight is 559 g/mol. The number of aromatic nitrogens is 1. The summed E-state index contributed by atoms with van der Waals surface area (Å²) < 4.78 is 0. The Morgan fingerprint density at radius 2 is 1.45 bits per heavy atom. The van der Waals surface area contributed by atoms with Crippen molar-refractivity contribution in [1.82, 2.24) is 20.9 Å². The number of carbonyl (C=O) groups excluding carboxylic acids is 3. The number of benzene rings is 1. The lowest BCUT2D eigenvalue weighted by Gasteiger charge is -2.26. The van der Waals surface area contributed by atoms with Gasteiger partial charge in [-0.15, -0.1) is 0 Å². The Labute approximate surface area is 236 Å². The van der Waals surface area contributed by atoms with Crippen LogP contribution in [0.5, 0.6) is 0 Å². The molecule has 0 saturated carbocycles. The normalized spacial score (nSPS) is 14.5. The molecule has 2 rings (SSSR count). The molecule has 0 aliphatic heterocycles. The van der Waals surface area contributed by atoms with Crippen LogP contribution in [-0.2, 0) is 25.6 Å². The molecule has 40 heavy (non-hydrogen) atoms. The van der Waals surface area contributed by atoms with E-state index < -0.39 is 47.9 Å². The Balaban J connectivity index is 2.30. The fraction of sp³-hybridized carbons (Fsp3) is 0.586. The van der Waals surface area contributed by atoms with Gasteiger partial charge in [-0.25, -0.2) is 4.79 Å². The third-order valence-electron chi connectivity index (χ3n) is 6.70. The molecule has 2 aromatic rings. The zero-order chi connectivity index (χ0) is 29.8. The molecule has 1 aromatic carbocycles. The van der Waals surface area contributed by atoms with Crippen LogP contribution in [0.4, 0.5) is 0 Å². The van der Waals surface area contributed by atoms with Crippen LogP contribution in [0.15, 0.2) is 30.5 Å². The van der Waals surface area contributed by atoms with Gasteiger partial charge in [0, 0.05) is 23.5 Å². The van der Waals surface area contributed by atoms with Crippen molar-refractivity contribution in [2.24, 2.45) is 23.3 Å². The number of H-pyrrole nitrogens is 1. The van der Waals surface area contributed by atoms with E-state index in [1.165, 1.54) is 0 Å². The summed E-state index contributed by atoms with van der Waals surface area (Å²) in [5, 5.41) is 18.7. The smallest absolute Gasteiger partial charge is 0.326 e. The number of carboxylic acid groups (broad SMARTS) is 1. The van der Waals surface area contributed by atoms with Crippen LogP contribution in [0, 0.1) is 11.8 Å². The van der Waals surface area contributed by atoms with Gasteiger partial charge in [-0.2, -0.15) is 0 Å². The maximum absolute atomic E-state index is 13.5. The van der Waals surface area contributed by atoms with Gasteiger partial charge >= 0.3 is 5.97 Å². The van der Waals surface area contributed by atoms with Crippen LogP contribution >= 0.6 is 0 Å². The number of aromatic amines is 1. The fourth-order valence-electron chi connectivity index (χ4n) is 4.62. The number of hydrogen-bond acceptors (Lipinski definition) is 6. The van der Waals surface area contributed by atoms with Crippen molar-refractivity contribution in [1.29, 1.82) is 0 Å². The SMILES string of the molecule is CC(C)C[C@H](NC(=O)[C@@H](N)CC(C)C)C(=O)N[C@@H](Cc1c[nH]c2ccccc12)C(=O)N[C@@H](CCCCN)C(=O)O. The van der Waals surface area contributed by atoms with Crippen molar-refractivity contribution in [3.63, 3.8) is 0 Å². The molecular formula is C29H46N6O5. The van der Waals surface area contributed by atoms with Gasteiger partial charge in [-0.05, 0) is 62.1 Å². The molecule has 0 bridgehead atoms. The van der Waals surface area contributed by atoms with Crippen LogP contribution in [-0.4, -0.2) is 64.5 Å². The van der Waals surface area contributed by atoms with Crippen LogP contribution in [0.2, 0.25) is 0 Å². The van der Waals surface area contributed by atoms with E-state index >= 15 is 0 Å². The lowest BCUT2D eigenvalue weighted by atomic mass is 9.99. The van der Waals surface area contributed by atoms with Gasteiger partial charge < -0.3 is 37.5 Å². The first-order valence-electron chi connectivity index (χ1n) is 14.1. The van der Waals surface area contributed by atoms with Crippen molar-refractivity contribution in [3.8, 4) is 0 Å². The monoisotopic (exact) mass is 558 g/mol. The zero-order valence-corrected chi connectivity index (χ0v) is 24.0. The number of unbranched alkanes of at least 4 members (excludes halogenated alkanes) is 1. The first-order chi connectivity index (χ1) is 18.9. The second-order valence-corrected chi connectivity index (χ2v) is 11.2. The Morgan fingerprint density at radius 1 is 0.850 bits per heavy atom. The van der Waals surface area contributed by atoms with Gasteiger partial charge in [-0.1, -0.05) is 45.9 Å². The van der Waals surface area contributed by atoms with E-state index in [9.17, 15) is 24.3 Å². The molecule has 4 atom stereocenters. The average Bonchev–Trinajstić information content (AvgIpc) is 3.29. The van der Waals surface area contributed by atoms with Gasteiger partial charge in [0.05, 0.1) is 6.04 Å². The minimum atomic E-state index is -1.16. The van der Waals surface area contributed by atoms with Crippen molar-refractivity contribution in [2.45, 2.75) is 90.4 Å². The summed E-state index contributed by atoms with van der Waals surface area (Å²) in [6.07, 6.45) is 4.07. The second-order valence-electron chi connectivity index (χ2n) is 11.2. The summed E-state index contributed by atoms with van der Waals surface area (Å²) in [6.45, 7) is 8.19. The standard InChI is InChI=1S/C29H46N6O5/c1-17(2)13-21(31)26(36)34-24(14-18(3)4)27(37)35-25(15-19-16-32-22-10-6-5-9-20(19)22)28(38)33-23(29(39)40)11-7-8-12-30/h5-6,9-10,16-18,21,23-25,32H,7-8,11-15,30-31H2,1-4H3,(H,33,38)(H,34,36)(H,35,37)(H,39,40)/t21-,23-,24-,25-/m0/s1. The first-order valence-corrected chi connectivity index (χ1v) is 14.1. The molecular weight excluding hydrogens is 512 g/mol. The predicted octanol–water partition coefficient (Wildman–Crippen LogP) is 1.80. The number of carboxylic acids is 1. The highest BCUT2D eigenvalue weighted by Crippen LogP contribution is 2.20. The summed E-state index contributed by atoms with van der Waals surface area (Å²) in [5.41, 5.74) is 13.2. The molecule has 11 nitrogen and oxygen atoms in total. The van der Waals surface area contributed by atoms with Crippen LogP contribution in [0.1, 0.15) is 65.4 Å². The van der Waals surface area contributed by atoms with Gasteiger partial charge in [-0.3, -0.25) is 14.4 Å². The molecule has 0 aliphatic rings. The number of para-hydroxylation sites is 1. The lowest BCUT2D eigenvalue weighted by Crippen LogP contribution is -2.58. The highest BCUT2D eigenvalue weighted by molar-refractivity contribution is 5.94.